The maximum absolute atomic E-state index is 13.2. The number of carbonyl (C=O) groups is 2. The minimum absolute atomic E-state index is 0.251. The third-order valence-corrected chi connectivity index (χ3v) is 6.00. The molecule has 0 spiro atoms. The van der Waals surface area contributed by atoms with Crippen molar-refractivity contribution in [2.75, 3.05) is 19.0 Å². The zero-order chi connectivity index (χ0) is 22.7. The van der Waals surface area contributed by atoms with Crippen LogP contribution in [0.5, 0.6) is 5.75 Å². The number of thiazole rings is 1. The highest BCUT2D eigenvalue weighted by molar-refractivity contribution is 7.17. The largest absolute Gasteiger partial charge is 0.495 e. The van der Waals surface area contributed by atoms with Gasteiger partial charge in [0.05, 0.1) is 24.9 Å². The summed E-state index contributed by atoms with van der Waals surface area (Å²) in [6, 6.07) is 6.23. The number of pyridine rings is 1. The topological polar surface area (TPSA) is 99.5 Å². The molecule has 2 aromatic heterocycles. The molecular weight excluding hydrogens is 418 g/mol. The predicted octanol–water partition coefficient (Wildman–Crippen LogP) is 3.85. The zero-order valence-corrected chi connectivity index (χ0v) is 19.0. The second-order valence-electron chi connectivity index (χ2n) is 6.96. The average Bonchev–Trinajstić information content (AvgIpc) is 3.10. The molecule has 0 aliphatic heterocycles. The molecule has 3 aromatic rings. The van der Waals surface area contributed by atoms with E-state index in [-0.39, 0.29) is 17.3 Å². The third-order valence-electron chi connectivity index (χ3n) is 4.95. The van der Waals surface area contributed by atoms with Crippen LogP contribution >= 0.6 is 11.3 Å². The molecule has 0 saturated carbocycles. The summed E-state index contributed by atoms with van der Waals surface area (Å²) in [5, 5.41) is 3.87. The van der Waals surface area contributed by atoms with E-state index in [0.29, 0.717) is 28.3 Å². The molecule has 1 atom stereocenters. The quantitative estimate of drug-likeness (QED) is 0.557. The number of methoxy groups -OCH3 is 1. The van der Waals surface area contributed by atoms with Crippen LogP contribution in [0.1, 0.15) is 47.2 Å². The molecule has 1 aromatic carbocycles. The van der Waals surface area contributed by atoms with Crippen molar-refractivity contribution in [1.29, 1.82) is 0 Å². The predicted molar refractivity (Wildman–Crippen MR) is 120 cm³/mol. The summed E-state index contributed by atoms with van der Waals surface area (Å²) >= 11 is 1.05. The van der Waals surface area contributed by atoms with E-state index < -0.39 is 17.9 Å². The van der Waals surface area contributed by atoms with Crippen LogP contribution in [-0.4, -0.2) is 35.1 Å². The molecule has 1 amide bonds. The Bertz CT molecular complexity index is 1200. The molecule has 31 heavy (non-hydrogen) atoms. The van der Waals surface area contributed by atoms with Crippen molar-refractivity contribution in [2.45, 2.75) is 40.2 Å². The van der Waals surface area contributed by atoms with Gasteiger partial charge in [0.2, 0.25) is 5.91 Å². The summed E-state index contributed by atoms with van der Waals surface area (Å²) in [5.41, 5.74) is 1.56. The summed E-state index contributed by atoms with van der Waals surface area (Å²) in [7, 11) is 1.53. The number of rotatable bonds is 7. The smallest absolute Gasteiger partial charge is 0.350 e. The van der Waals surface area contributed by atoms with Crippen molar-refractivity contribution in [3.05, 3.63) is 50.8 Å². The first-order valence-corrected chi connectivity index (χ1v) is 10.8. The van der Waals surface area contributed by atoms with E-state index in [0.717, 1.165) is 22.3 Å². The molecule has 0 fully saturated rings. The van der Waals surface area contributed by atoms with Crippen LogP contribution in [0.15, 0.2) is 29.1 Å². The highest BCUT2D eigenvalue weighted by atomic mass is 32.1. The van der Waals surface area contributed by atoms with E-state index in [2.05, 4.69) is 10.3 Å². The summed E-state index contributed by atoms with van der Waals surface area (Å²) in [4.78, 5) is 42.8. The lowest BCUT2D eigenvalue weighted by Crippen LogP contribution is -2.33. The van der Waals surface area contributed by atoms with Crippen LogP contribution in [0.2, 0.25) is 0 Å². The first-order valence-electron chi connectivity index (χ1n) is 9.96. The number of benzene rings is 1. The molecule has 1 unspecified atom stereocenters. The van der Waals surface area contributed by atoms with Gasteiger partial charge in [-0.2, -0.15) is 0 Å². The summed E-state index contributed by atoms with van der Waals surface area (Å²) in [5.74, 6) is -0.361. The Morgan fingerprint density at radius 3 is 2.65 bits per heavy atom. The van der Waals surface area contributed by atoms with Gasteiger partial charge in [-0.3, -0.25) is 14.2 Å². The molecule has 8 nitrogen and oxygen atoms in total. The second kappa shape index (κ2) is 9.30. The van der Waals surface area contributed by atoms with E-state index in [9.17, 15) is 14.4 Å². The average molecular weight is 444 g/mol. The van der Waals surface area contributed by atoms with Crippen molar-refractivity contribution < 1.29 is 19.1 Å². The molecule has 0 bridgehead atoms. The molecule has 1 N–H and O–H groups in total. The number of fused-ring (bicyclic) bond motifs is 1. The number of carbonyl (C=O) groups excluding carboxylic acids is 2. The lowest BCUT2D eigenvalue weighted by Gasteiger charge is -2.21. The molecule has 9 heteroatoms. The fourth-order valence-electron chi connectivity index (χ4n) is 3.52. The lowest BCUT2D eigenvalue weighted by atomic mass is 10.1. The first-order chi connectivity index (χ1) is 14.8. The number of amides is 1. The zero-order valence-electron chi connectivity index (χ0n) is 18.1. The van der Waals surface area contributed by atoms with Crippen molar-refractivity contribution in [2.24, 2.45) is 0 Å². The Labute approximate surface area is 183 Å². The molecule has 164 valence electrons. The minimum atomic E-state index is -0.790. The van der Waals surface area contributed by atoms with Crippen molar-refractivity contribution >= 4 is 39.2 Å². The van der Waals surface area contributed by atoms with Crippen LogP contribution < -0.4 is 15.6 Å². The Morgan fingerprint density at radius 2 is 2.00 bits per heavy atom. The SMILES string of the molecule is CCOC(=O)c1sc(NC(=O)C(CC)n2c(=O)cc(C)c3cccc(OC)c32)nc1C. The van der Waals surface area contributed by atoms with Gasteiger partial charge in [-0.1, -0.05) is 30.4 Å². The van der Waals surface area contributed by atoms with Gasteiger partial charge < -0.3 is 14.8 Å². The van der Waals surface area contributed by atoms with Crippen LogP contribution in [-0.2, 0) is 9.53 Å². The van der Waals surface area contributed by atoms with Gasteiger partial charge in [-0.15, -0.1) is 0 Å². The Balaban J connectivity index is 2.03. The number of esters is 1. The van der Waals surface area contributed by atoms with Crippen molar-refractivity contribution in [3.63, 3.8) is 0 Å². The normalized spacial score (nSPS) is 11.9. The van der Waals surface area contributed by atoms with Crippen LogP contribution in [0.4, 0.5) is 5.13 Å². The summed E-state index contributed by atoms with van der Waals surface area (Å²) in [6.45, 7) is 7.33. The monoisotopic (exact) mass is 443 g/mol. The van der Waals surface area contributed by atoms with Gasteiger partial charge in [0.1, 0.15) is 16.7 Å². The van der Waals surface area contributed by atoms with Gasteiger partial charge in [0.25, 0.3) is 5.56 Å². The molecule has 3 rings (SSSR count). The molecule has 0 saturated heterocycles. The van der Waals surface area contributed by atoms with Crippen LogP contribution in [0.25, 0.3) is 10.9 Å². The highest BCUT2D eigenvalue weighted by Gasteiger charge is 2.26. The number of aryl methyl sites for hydroxylation is 2. The molecule has 2 heterocycles. The third kappa shape index (κ3) is 4.32. The summed E-state index contributed by atoms with van der Waals surface area (Å²) < 4.78 is 12.0. The number of anilines is 1. The fraction of sp³-hybridized carbons (Fsp3) is 0.364. The van der Waals surface area contributed by atoms with Crippen molar-refractivity contribution in [3.8, 4) is 5.75 Å². The van der Waals surface area contributed by atoms with Gasteiger partial charge in [0.15, 0.2) is 5.13 Å². The maximum atomic E-state index is 13.2. The number of aromatic nitrogens is 2. The number of nitrogens with one attached hydrogen (secondary N) is 1. The number of para-hydroxylation sites is 1. The number of hydrogen-bond donors (Lipinski definition) is 1. The minimum Gasteiger partial charge on any atom is -0.495 e. The number of ether oxygens (including phenoxy) is 2. The molecule has 0 aliphatic carbocycles. The molecular formula is C22H25N3O5S. The number of nitrogens with zero attached hydrogens (tertiary/aromatic N) is 2. The summed E-state index contributed by atoms with van der Waals surface area (Å²) in [6.07, 6.45) is 0.372. The van der Waals surface area contributed by atoms with Crippen LogP contribution in [0, 0.1) is 13.8 Å². The molecule has 0 radical (unpaired) electrons. The first kappa shape index (κ1) is 22.5. The van der Waals surface area contributed by atoms with Crippen LogP contribution in [0.3, 0.4) is 0 Å². The maximum Gasteiger partial charge on any atom is 0.350 e. The van der Waals surface area contributed by atoms with E-state index in [1.54, 1.807) is 19.9 Å². The van der Waals surface area contributed by atoms with E-state index >= 15 is 0 Å². The van der Waals surface area contributed by atoms with E-state index in [1.165, 1.54) is 17.7 Å². The van der Waals surface area contributed by atoms with Gasteiger partial charge >= 0.3 is 5.97 Å². The number of hydrogen-bond acceptors (Lipinski definition) is 7. The highest BCUT2D eigenvalue weighted by Crippen LogP contribution is 2.30. The Hall–Kier alpha value is -3.20. The van der Waals surface area contributed by atoms with Crippen molar-refractivity contribution in [1.82, 2.24) is 9.55 Å². The Morgan fingerprint density at radius 1 is 1.26 bits per heavy atom. The second-order valence-corrected chi connectivity index (χ2v) is 7.96. The van der Waals surface area contributed by atoms with Gasteiger partial charge in [-0.25, -0.2) is 9.78 Å². The molecule has 0 aliphatic rings. The fourth-order valence-corrected chi connectivity index (χ4v) is 4.38. The Kier molecular flexibility index (Phi) is 6.74. The standard InChI is InChI=1S/C22H25N3O5S/c1-6-15(20(27)24-22-23-13(4)19(31-22)21(28)30-7-2)25-17(26)11-12(3)14-9-8-10-16(29-5)18(14)25/h8-11,15H,6-7H2,1-5H3,(H,23,24,27). The lowest BCUT2D eigenvalue weighted by molar-refractivity contribution is -0.119. The van der Waals surface area contributed by atoms with Gasteiger partial charge in [0, 0.05) is 11.5 Å². The van der Waals surface area contributed by atoms with E-state index in [1.807, 2.05) is 26.0 Å². The van der Waals surface area contributed by atoms with Gasteiger partial charge in [-0.05, 0) is 38.8 Å². The van der Waals surface area contributed by atoms with E-state index in [4.69, 9.17) is 9.47 Å².